The first kappa shape index (κ1) is 22.4. The zero-order valence-electron chi connectivity index (χ0n) is 19.0. The van der Waals surface area contributed by atoms with Gasteiger partial charge in [-0.3, -0.25) is 4.79 Å². The monoisotopic (exact) mass is 472 g/mol. The number of carbonyl (C=O) groups is 1. The minimum absolute atomic E-state index is 0.0557. The van der Waals surface area contributed by atoms with Crippen molar-refractivity contribution >= 4 is 32.9 Å². The molecular weight excluding hydrogens is 444 g/mol. The Hall–Kier alpha value is -3.35. The maximum atomic E-state index is 13.7. The lowest BCUT2D eigenvalue weighted by atomic mass is 9.97. The molecule has 1 saturated heterocycles. The molecule has 174 valence electrons. The van der Waals surface area contributed by atoms with E-state index in [0.29, 0.717) is 11.1 Å². The van der Waals surface area contributed by atoms with Gasteiger partial charge < -0.3 is 20.4 Å². The van der Waals surface area contributed by atoms with Gasteiger partial charge in [-0.1, -0.05) is 6.42 Å². The molecule has 1 aliphatic rings. The predicted molar refractivity (Wildman–Crippen MR) is 139 cm³/mol. The molecule has 0 spiro atoms. The Morgan fingerprint density at radius 1 is 0.882 bits per heavy atom. The van der Waals surface area contributed by atoms with Crippen LogP contribution in [-0.4, -0.2) is 47.1 Å². The third-order valence-electron chi connectivity index (χ3n) is 6.38. The summed E-state index contributed by atoms with van der Waals surface area (Å²) < 4.78 is 0.849. The van der Waals surface area contributed by atoms with Crippen LogP contribution >= 0.6 is 11.3 Å². The number of benzene rings is 3. The van der Waals surface area contributed by atoms with Crippen LogP contribution in [-0.2, 0) is 0 Å². The van der Waals surface area contributed by atoms with Crippen molar-refractivity contribution in [1.82, 2.24) is 4.90 Å². The van der Waals surface area contributed by atoms with Crippen LogP contribution in [0.2, 0.25) is 0 Å². The van der Waals surface area contributed by atoms with E-state index in [0.717, 1.165) is 39.3 Å². The van der Waals surface area contributed by atoms with E-state index in [1.807, 2.05) is 36.4 Å². The number of nitrogens with zero attached hydrogens (tertiary/aromatic N) is 1. The first-order valence-corrected chi connectivity index (χ1v) is 12.6. The Balaban J connectivity index is 1.39. The number of carbonyl (C=O) groups excluding carboxylic acids is 1. The van der Waals surface area contributed by atoms with E-state index in [-0.39, 0.29) is 17.3 Å². The number of rotatable bonds is 7. The maximum absolute atomic E-state index is 13.7. The van der Waals surface area contributed by atoms with E-state index in [4.69, 9.17) is 0 Å². The quantitative estimate of drug-likeness (QED) is 0.283. The molecular formula is C28H28N2O3S. The standard InChI is InChI=1S/C28H28N2O3S/c31-22-10-6-20(7-11-22)28-26(24-13-12-23(32)18-25(24)34-28)27(33)19-4-8-21(9-5-19)29-14-17-30-15-2-1-3-16-30/h4-13,18,29,31-32H,1-3,14-17H2. The fraction of sp³-hybridized carbons (Fsp3) is 0.250. The molecule has 3 N–H and O–H groups in total. The van der Waals surface area contributed by atoms with Gasteiger partial charge in [-0.15, -0.1) is 11.3 Å². The third-order valence-corrected chi connectivity index (χ3v) is 7.58. The summed E-state index contributed by atoms with van der Waals surface area (Å²) in [5.41, 5.74) is 3.11. The summed E-state index contributed by atoms with van der Waals surface area (Å²) in [4.78, 5) is 17.0. The summed E-state index contributed by atoms with van der Waals surface area (Å²) in [6, 6.07) is 19.6. The fourth-order valence-corrected chi connectivity index (χ4v) is 5.79. The molecule has 0 atom stereocenters. The van der Waals surface area contributed by atoms with Crippen LogP contribution in [0.3, 0.4) is 0 Å². The summed E-state index contributed by atoms with van der Waals surface area (Å²) in [5, 5.41) is 23.9. The second kappa shape index (κ2) is 9.87. The van der Waals surface area contributed by atoms with Crippen LogP contribution < -0.4 is 5.32 Å². The number of ketones is 1. The number of aromatic hydroxyl groups is 2. The normalized spacial score (nSPS) is 14.4. The molecule has 5 rings (SSSR count). The zero-order chi connectivity index (χ0) is 23.5. The van der Waals surface area contributed by atoms with E-state index < -0.39 is 0 Å². The molecule has 5 nitrogen and oxygen atoms in total. The van der Waals surface area contributed by atoms with Crippen molar-refractivity contribution in [2.24, 2.45) is 0 Å². The molecule has 6 heteroatoms. The van der Waals surface area contributed by atoms with Gasteiger partial charge in [0.2, 0.25) is 0 Å². The van der Waals surface area contributed by atoms with Crippen molar-refractivity contribution in [3.8, 4) is 21.9 Å². The highest BCUT2D eigenvalue weighted by atomic mass is 32.1. The summed E-state index contributed by atoms with van der Waals surface area (Å²) in [5.74, 6) is 0.295. The minimum atomic E-state index is -0.0557. The summed E-state index contributed by atoms with van der Waals surface area (Å²) >= 11 is 1.47. The lowest BCUT2D eigenvalue weighted by Crippen LogP contribution is -2.33. The van der Waals surface area contributed by atoms with Crippen LogP contribution in [0, 0.1) is 0 Å². The van der Waals surface area contributed by atoms with Crippen LogP contribution in [0.5, 0.6) is 11.5 Å². The number of phenols is 2. The van der Waals surface area contributed by atoms with Crippen molar-refractivity contribution in [2.45, 2.75) is 19.3 Å². The Labute approximate surface area is 203 Å². The molecule has 0 amide bonds. The molecule has 1 fully saturated rings. The molecule has 0 saturated carbocycles. The summed E-state index contributed by atoms with van der Waals surface area (Å²) in [7, 11) is 0. The number of thiophene rings is 1. The van der Waals surface area contributed by atoms with Gasteiger partial charge in [0, 0.05) is 44.9 Å². The summed E-state index contributed by atoms with van der Waals surface area (Å²) in [6.45, 7) is 4.29. The number of nitrogens with one attached hydrogen (secondary N) is 1. The lowest BCUT2D eigenvalue weighted by molar-refractivity contribution is 0.104. The van der Waals surface area contributed by atoms with Gasteiger partial charge in [0.1, 0.15) is 11.5 Å². The molecule has 2 heterocycles. The van der Waals surface area contributed by atoms with Gasteiger partial charge in [-0.25, -0.2) is 0 Å². The van der Waals surface area contributed by atoms with Crippen molar-refractivity contribution in [3.05, 3.63) is 77.9 Å². The Bertz CT molecular complexity index is 1290. The molecule has 4 aromatic rings. The maximum Gasteiger partial charge on any atom is 0.195 e. The van der Waals surface area contributed by atoms with Gasteiger partial charge in [0.15, 0.2) is 5.78 Å². The van der Waals surface area contributed by atoms with E-state index in [9.17, 15) is 15.0 Å². The number of phenolic OH excluding ortho intramolecular Hbond substituents is 2. The second-order valence-corrected chi connectivity index (χ2v) is 9.82. The first-order chi connectivity index (χ1) is 16.6. The Morgan fingerprint density at radius 2 is 1.59 bits per heavy atom. The number of likely N-dealkylation sites (tertiary alicyclic amines) is 1. The zero-order valence-corrected chi connectivity index (χ0v) is 19.8. The van der Waals surface area contributed by atoms with Crippen LogP contribution in [0.1, 0.15) is 35.2 Å². The Kier molecular flexibility index (Phi) is 6.52. The van der Waals surface area contributed by atoms with Gasteiger partial charge in [-0.2, -0.15) is 0 Å². The number of piperidine rings is 1. The Morgan fingerprint density at radius 3 is 2.32 bits per heavy atom. The van der Waals surface area contributed by atoms with Crippen LogP contribution in [0.4, 0.5) is 5.69 Å². The average Bonchev–Trinajstić information content (AvgIpc) is 3.23. The number of hydrogen-bond acceptors (Lipinski definition) is 6. The van der Waals surface area contributed by atoms with E-state index in [2.05, 4.69) is 10.2 Å². The van der Waals surface area contributed by atoms with Crippen LogP contribution in [0.15, 0.2) is 66.7 Å². The second-order valence-electron chi connectivity index (χ2n) is 8.77. The highest BCUT2D eigenvalue weighted by Crippen LogP contribution is 2.41. The van der Waals surface area contributed by atoms with Gasteiger partial charge in [0.25, 0.3) is 0 Å². The van der Waals surface area contributed by atoms with Crippen molar-refractivity contribution in [2.75, 3.05) is 31.5 Å². The highest BCUT2D eigenvalue weighted by Gasteiger charge is 2.22. The fourth-order valence-electron chi connectivity index (χ4n) is 4.55. The molecule has 0 bridgehead atoms. The minimum Gasteiger partial charge on any atom is -0.508 e. The number of anilines is 1. The molecule has 0 radical (unpaired) electrons. The molecule has 1 aromatic heterocycles. The summed E-state index contributed by atoms with van der Waals surface area (Å²) in [6.07, 6.45) is 3.92. The number of fused-ring (bicyclic) bond motifs is 1. The molecule has 1 aliphatic heterocycles. The predicted octanol–water partition coefficient (Wildman–Crippen LogP) is 6.11. The smallest absolute Gasteiger partial charge is 0.195 e. The van der Waals surface area contributed by atoms with Crippen molar-refractivity contribution < 1.29 is 15.0 Å². The van der Waals surface area contributed by atoms with Crippen molar-refractivity contribution in [3.63, 3.8) is 0 Å². The van der Waals surface area contributed by atoms with Gasteiger partial charge in [-0.05, 0) is 98.2 Å². The largest absolute Gasteiger partial charge is 0.508 e. The topological polar surface area (TPSA) is 72.8 Å². The molecule has 0 aliphatic carbocycles. The van der Waals surface area contributed by atoms with Gasteiger partial charge >= 0.3 is 0 Å². The SMILES string of the molecule is O=C(c1ccc(NCCN2CCCCC2)cc1)c1c(-c2ccc(O)cc2)sc2cc(O)ccc12. The van der Waals surface area contributed by atoms with E-state index in [1.54, 1.807) is 30.3 Å². The van der Waals surface area contributed by atoms with Crippen molar-refractivity contribution in [1.29, 1.82) is 0 Å². The lowest BCUT2D eigenvalue weighted by Gasteiger charge is -2.26. The van der Waals surface area contributed by atoms with Crippen LogP contribution in [0.25, 0.3) is 20.5 Å². The third kappa shape index (κ3) is 4.79. The van der Waals surface area contributed by atoms with E-state index in [1.165, 1.54) is 43.7 Å². The molecule has 34 heavy (non-hydrogen) atoms. The number of hydrogen-bond donors (Lipinski definition) is 3. The van der Waals surface area contributed by atoms with E-state index >= 15 is 0 Å². The highest BCUT2D eigenvalue weighted by molar-refractivity contribution is 7.22. The molecule has 0 unspecified atom stereocenters. The van der Waals surface area contributed by atoms with Gasteiger partial charge in [0.05, 0.1) is 0 Å². The first-order valence-electron chi connectivity index (χ1n) is 11.7. The average molecular weight is 473 g/mol. The molecule has 3 aromatic carbocycles.